The summed E-state index contributed by atoms with van der Waals surface area (Å²) in [6.45, 7) is 2.02. The zero-order valence-corrected chi connectivity index (χ0v) is 23.8. The molecular weight excluding hydrogens is 595 g/mol. The molecule has 1 fully saturated rings. The Kier molecular flexibility index (Phi) is 8.81. The summed E-state index contributed by atoms with van der Waals surface area (Å²) in [5.41, 5.74) is -1.19. The van der Waals surface area contributed by atoms with Gasteiger partial charge in [-0.2, -0.15) is 13.2 Å². The number of carbonyl (C=O) groups excluding carboxylic acids is 1. The predicted molar refractivity (Wildman–Crippen MR) is 149 cm³/mol. The summed E-state index contributed by atoms with van der Waals surface area (Å²) in [5.74, 6) is -2.89. The number of ether oxygens (including phenoxy) is 5. The molecule has 1 aliphatic rings. The van der Waals surface area contributed by atoms with Crippen molar-refractivity contribution in [2.24, 2.45) is 0 Å². The Morgan fingerprint density at radius 1 is 0.953 bits per heavy atom. The van der Waals surface area contributed by atoms with Gasteiger partial charge in [-0.3, -0.25) is 4.79 Å². The highest BCUT2D eigenvalue weighted by molar-refractivity contribution is 6.30. The van der Waals surface area contributed by atoms with Crippen molar-refractivity contribution in [3.8, 4) is 28.7 Å². The van der Waals surface area contributed by atoms with E-state index in [9.17, 15) is 22.8 Å². The number of halogens is 4. The minimum atomic E-state index is -5.09. The average Bonchev–Trinajstić information content (AvgIpc) is 3.00. The van der Waals surface area contributed by atoms with Gasteiger partial charge in [-0.15, -0.1) is 0 Å². The minimum absolute atomic E-state index is 0.0417. The second-order valence-electron chi connectivity index (χ2n) is 9.56. The van der Waals surface area contributed by atoms with Gasteiger partial charge in [0.1, 0.15) is 31.1 Å². The number of nitrogens with one attached hydrogen (secondary N) is 1. The highest BCUT2D eigenvalue weighted by Crippen LogP contribution is 2.40. The minimum Gasteiger partial charge on any atom is -0.493 e. The van der Waals surface area contributed by atoms with Crippen LogP contribution in [0.15, 0.2) is 63.8 Å². The Hall–Kier alpha value is -4.26. The molecule has 13 heteroatoms. The maximum absolute atomic E-state index is 14.3. The number of quaternary nitrogens is 1. The lowest BCUT2D eigenvalue weighted by molar-refractivity contribution is -0.921. The average molecular weight is 621 g/mol. The van der Waals surface area contributed by atoms with E-state index >= 15 is 0 Å². The number of methoxy groups -OCH3 is 2. The molecule has 0 bridgehead atoms. The highest BCUT2D eigenvalue weighted by Gasteiger charge is 2.41. The standard InChI is InChI=1S/C30H25ClF3NO8/c1-38-23-9-3-17(15-24(23)39-2)29(37)42-22-10-8-20-25(36)27(41-19-6-4-18(31)5-7-19)28(30(32,33)34)43-26(20)21(22)16-35-11-13-40-14-12-35/h3-10,15H,11-14,16H2,1-2H3/p+1. The van der Waals surface area contributed by atoms with Crippen molar-refractivity contribution in [1.82, 2.24) is 0 Å². The van der Waals surface area contributed by atoms with Crippen LogP contribution in [-0.4, -0.2) is 46.5 Å². The Morgan fingerprint density at radius 2 is 1.63 bits per heavy atom. The number of alkyl halides is 3. The fraction of sp³-hybridized carbons (Fsp3) is 0.267. The molecular formula is C30H26ClF3NO8+. The van der Waals surface area contributed by atoms with E-state index in [1.54, 1.807) is 0 Å². The third-order valence-corrected chi connectivity index (χ3v) is 7.07. The maximum atomic E-state index is 14.3. The van der Waals surface area contributed by atoms with E-state index in [0.29, 0.717) is 37.1 Å². The molecule has 4 aromatic rings. The van der Waals surface area contributed by atoms with Crippen LogP contribution in [0, 0.1) is 0 Å². The fourth-order valence-electron chi connectivity index (χ4n) is 4.65. The van der Waals surface area contributed by atoms with Gasteiger partial charge in [0.05, 0.1) is 43.9 Å². The largest absolute Gasteiger partial charge is 0.493 e. The first-order valence-electron chi connectivity index (χ1n) is 13.1. The van der Waals surface area contributed by atoms with Gasteiger partial charge in [0, 0.05) is 5.02 Å². The molecule has 1 saturated heterocycles. The Labute approximate surface area is 248 Å². The van der Waals surface area contributed by atoms with Crippen molar-refractivity contribution in [2.45, 2.75) is 12.7 Å². The van der Waals surface area contributed by atoms with Crippen molar-refractivity contribution >= 4 is 28.5 Å². The van der Waals surface area contributed by atoms with Crippen LogP contribution in [0.5, 0.6) is 28.7 Å². The van der Waals surface area contributed by atoms with E-state index in [4.69, 9.17) is 39.7 Å². The normalized spacial score (nSPS) is 14.0. The number of rotatable bonds is 8. The first-order chi connectivity index (χ1) is 20.6. The highest BCUT2D eigenvalue weighted by atomic mass is 35.5. The van der Waals surface area contributed by atoms with Crippen LogP contribution in [-0.2, 0) is 17.5 Å². The lowest BCUT2D eigenvalue weighted by Gasteiger charge is -2.25. The predicted octanol–water partition coefficient (Wildman–Crippen LogP) is 4.91. The molecule has 0 unspecified atom stereocenters. The van der Waals surface area contributed by atoms with E-state index in [-0.39, 0.29) is 45.9 Å². The number of hydrogen-bond donors (Lipinski definition) is 1. The van der Waals surface area contributed by atoms with Gasteiger partial charge in [0.25, 0.3) is 5.76 Å². The summed E-state index contributed by atoms with van der Waals surface area (Å²) < 4.78 is 75.4. The van der Waals surface area contributed by atoms with Gasteiger partial charge in [0.15, 0.2) is 17.1 Å². The first kappa shape index (κ1) is 30.2. The molecule has 1 N–H and O–H groups in total. The summed E-state index contributed by atoms with van der Waals surface area (Å²) in [7, 11) is 2.85. The van der Waals surface area contributed by atoms with Gasteiger partial charge >= 0.3 is 12.1 Å². The molecule has 0 radical (unpaired) electrons. The summed E-state index contributed by atoms with van der Waals surface area (Å²) >= 11 is 5.87. The number of hydrogen-bond acceptors (Lipinski definition) is 8. The zero-order valence-electron chi connectivity index (χ0n) is 23.0. The van der Waals surface area contributed by atoms with E-state index in [1.807, 2.05) is 0 Å². The van der Waals surface area contributed by atoms with E-state index < -0.39 is 29.1 Å². The van der Waals surface area contributed by atoms with E-state index in [2.05, 4.69) is 0 Å². The molecule has 43 heavy (non-hydrogen) atoms. The summed E-state index contributed by atoms with van der Waals surface area (Å²) in [6, 6.07) is 12.5. The number of fused-ring (bicyclic) bond motifs is 1. The summed E-state index contributed by atoms with van der Waals surface area (Å²) in [4.78, 5) is 27.6. The van der Waals surface area contributed by atoms with E-state index in [0.717, 1.165) is 4.90 Å². The zero-order chi connectivity index (χ0) is 30.7. The fourth-order valence-corrected chi connectivity index (χ4v) is 4.78. The third-order valence-electron chi connectivity index (χ3n) is 6.82. The molecule has 0 aliphatic carbocycles. The van der Waals surface area contributed by atoms with Crippen LogP contribution in [0.3, 0.4) is 0 Å². The molecule has 0 amide bonds. The van der Waals surface area contributed by atoms with Gasteiger partial charge in [-0.25, -0.2) is 4.79 Å². The molecule has 0 saturated carbocycles. The number of esters is 1. The quantitative estimate of drug-likeness (QED) is 0.219. The van der Waals surface area contributed by atoms with Crippen molar-refractivity contribution in [3.63, 3.8) is 0 Å². The molecule has 3 aromatic carbocycles. The Bertz CT molecular complexity index is 1700. The van der Waals surface area contributed by atoms with Crippen LogP contribution in [0.4, 0.5) is 13.2 Å². The summed E-state index contributed by atoms with van der Waals surface area (Å²) in [6.07, 6.45) is -5.09. The van der Waals surface area contributed by atoms with Crippen molar-refractivity contribution in [1.29, 1.82) is 0 Å². The Balaban J connectivity index is 1.63. The first-order valence-corrected chi connectivity index (χ1v) is 13.5. The number of morpholine rings is 1. The van der Waals surface area contributed by atoms with Crippen LogP contribution in [0.2, 0.25) is 5.02 Å². The second-order valence-corrected chi connectivity index (χ2v) is 10.00. The lowest BCUT2D eigenvalue weighted by Crippen LogP contribution is -3.12. The number of benzene rings is 3. The van der Waals surface area contributed by atoms with Crippen molar-refractivity contribution in [2.75, 3.05) is 40.5 Å². The van der Waals surface area contributed by atoms with Crippen molar-refractivity contribution < 1.29 is 51.0 Å². The van der Waals surface area contributed by atoms with Crippen LogP contribution in [0.25, 0.3) is 11.0 Å². The molecule has 5 rings (SSSR count). The van der Waals surface area contributed by atoms with Gasteiger partial charge in [0.2, 0.25) is 11.2 Å². The molecule has 0 spiro atoms. The lowest BCUT2D eigenvalue weighted by atomic mass is 10.1. The van der Waals surface area contributed by atoms with Crippen LogP contribution >= 0.6 is 11.6 Å². The maximum Gasteiger partial charge on any atom is 0.453 e. The summed E-state index contributed by atoms with van der Waals surface area (Å²) in [5, 5.41) is 0.157. The topological polar surface area (TPSA) is 97.9 Å². The Morgan fingerprint density at radius 3 is 2.28 bits per heavy atom. The molecule has 2 heterocycles. The molecule has 9 nitrogen and oxygen atoms in total. The smallest absolute Gasteiger partial charge is 0.453 e. The molecule has 0 atom stereocenters. The van der Waals surface area contributed by atoms with Gasteiger partial charge in [-0.1, -0.05) is 11.6 Å². The molecule has 226 valence electrons. The van der Waals surface area contributed by atoms with Crippen LogP contribution < -0.4 is 29.3 Å². The molecule has 1 aromatic heterocycles. The second kappa shape index (κ2) is 12.5. The molecule has 1 aliphatic heterocycles. The van der Waals surface area contributed by atoms with Gasteiger partial charge in [-0.05, 0) is 54.6 Å². The van der Waals surface area contributed by atoms with Gasteiger partial charge < -0.3 is 33.0 Å². The number of carbonyl (C=O) groups is 1. The van der Waals surface area contributed by atoms with Crippen LogP contribution in [0.1, 0.15) is 21.7 Å². The van der Waals surface area contributed by atoms with E-state index in [1.165, 1.54) is 68.8 Å². The SMILES string of the molecule is COc1ccc(C(=O)Oc2ccc3c(=O)c(Oc4ccc(Cl)cc4)c(C(F)(F)F)oc3c2C[NH+]2CCOCC2)cc1OC. The van der Waals surface area contributed by atoms with Crippen molar-refractivity contribution in [3.05, 3.63) is 86.7 Å². The third kappa shape index (κ3) is 6.56. The monoisotopic (exact) mass is 620 g/mol.